The summed E-state index contributed by atoms with van der Waals surface area (Å²) in [5.41, 5.74) is 4.59. The van der Waals surface area contributed by atoms with Gasteiger partial charge in [0.25, 0.3) is 0 Å². The van der Waals surface area contributed by atoms with Gasteiger partial charge in [0, 0.05) is 6.20 Å². The predicted octanol–water partition coefficient (Wildman–Crippen LogP) is 4.22. The van der Waals surface area contributed by atoms with Gasteiger partial charge in [0.05, 0.1) is 15.8 Å². The summed E-state index contributed by atoms with van der Waals surface area (Å²) in [4.78, 5) is 4.11. The van der Waals surface area contributed by atoms with Crippen molar-refractivity contribution < 1.29 is 0 Å². The van der Waals surface area contributed by atoms with Gasteiger partial charge in [-0.25, -0.2) is 4.98 Å². The van der Waals surface area contributed by atoms with Gasteiger partial charge < -0.3 is 0 Å². The minimum absolute atomic E-state index is 0.515. The number of nitrogens with one attached hydrogen (secondary N) is 1. The van der Waals surface area contributed by atoms with E-state index >= 15 is 0 Å². The molecule has 2 aromatic rings. The zero-order valence-electron chi connectivity index (χ0n) is 9.69. The van der Waals surface area contributed by atoms with Gasteiger partial charge >= 0.3 is 0 Å². The van der Waals surface area contributed by atoms with Crippen LogP contribution in [0.5, 0.6) is 0 Å². The molecule has 0 atom stereocenters. The Kier molecular flexibility index (Phi) is 4.18. The van der Waals surface area contributed by atoms with Gasteiger partial charge in [0.15, 0.2) is 0 Å². The van der Waals surface area contributed by atoms with Crippen LogP contribution in [0.4, 0.5) is 5.82 Å². The van der Waals surface area contributed by atoms with Crippen LogP contribution in [0.3, 0.4) is 0 Å². The maximum atomic E-state index is 5.96. The van der Waals surface area contributed by atoms with Gasteiger partial charge in [0.1, 0.15) is 5.82 Å². The molecule has 3 nitrogen and oxygen atoms in total. The first-order chi connectivity index (χ1) is 8.66. The van der Waals surface area contributed by atoms with Crippen LogP contribution < -0.4 is 5.43 Å². The minimum Gasteiger partial charge on any atom is -0.261 e. The number of benzene rings is 1. The largest absolute Gasteiger partial charge is 0.261 e. The van der Waals surface area contributed by atoms with E-state index in [9.17, 15) is 0 Å². The Labute approximate surface area is 115 Å². The molecule has 0 amide bonds. The Morgan fingerprint density at radius 3 is 2.67 bits per heavy atom. The van der Waals surface area contributed by atoms with Gasteiger partial charge in [0.2, 0.25) is 0 Å². The molecule has 0 saturated heterocycles. The number of hydrogen-bond donors (Lipinski definition) is 1. The fourth-order valence-corrected chi connectivity index (χ4v) is 1.65. The van der Waals surface area contributed by atoms with E-state index in [0.29, 0.717) is 15.9 Å². The number of nitrogens with zero attached hydrogens (tertiary/aromatic N) is 2. The Balaban J connectivity index is 2.15. The third kappa shape index (κ3) is 3.22. The van der Waals surface area contributed by atoms with E-state index in [0.717, 1.165) is 11.3 Å². The van der Waals surface area contributed by atoms with Crippen molar-refractivity contribution in [1.29, 1.82) is 0 Å². The lowest BCUT2D eigenvalue weighted by molar-refractivity contribution is 1.22. The third-order valence-corrected chi connectivity index (χ3v) is 3.08. The maximum Gasteiger partial charge on any atom is 0.146 e. The van der Waals surface area contributed by atoms with Crippen molar-refractivity contribution in [3.63, 3.8) is 0 Å². The number of pyridine rings is 1. The van der Waals surface area contributed by atoms with E-state index in [-0.39, 0.29) is 0 Å². The number of rotatable bonds is 3. The van der Waals surface area contributed by atoms with E-state index in [1.807, 2.05) is 31.2 Å². The van der Waals surface area contributed by atoms with Crippen molar-refractivity contribution >= 4 is 34.7 Å². The zero-order chi connectivity index (χ0) is 13.0. The van der Waals surface area contributed by atoms with Crippen LogP contribution in [0, 0.1) is 0 Å². The van der Waals surface area contributed by atoms with Crippen molar-refractivity contribution in [3.8, 4) is 0 Å². The minimum atomic E-state index is 0.515. The fourth-order valence-electron chi connectivity index (χ4n) is 1.36. The number of halogens is 2. The third-order valence-electron chi connectivity index (χ3n) is 2.34. The monoisotopic (exact) mass is 279 g/mol. The summed E-state index contributed by atoms with van der Waals surface area (Å²) in [6.07, 6.45) is 1.70. The summed E-state index contributed by atoms with van der Waals surface area (Å²) in [5.74, 6) is 0.692. The molecule has 5 heteroatoms. The zero-order valence-corrected chi connectivity index (χ0v) is 11.2. The van der Waals surface area contributed by atoms with Crippen LogP contribution in [-0.2, 0) is 0 Å². The van der Waals surface area contributed by atoms with Crippen molar-refractivity contribution in [2.75, 3.05) is 5.43 Å². The van der Waals surface area contributed by atoms with Crippen LogP contribution in [0.25, 0.3) is 0 Å². The average molecular weight is 280 g/mol. The predicted molar refractivity (Wildman–Crippen MR) is 76.5 cm³/mol. The highest BCUT2D eigenvalue weighted by molar-refractivity contribution is 6.42. The lowest BCUT2D eigenvalue weighted by atomic mass is 10.1. The second kappa shape index (κ2) is 5.85. The Bertz CT molecular complexity index is 568. The van der Waals surface area contributed by atoms with E-state index in [2.05, 4.69) is 15.5 Å². The molecule has 2 rings (SSSR count). The molecular weight excluding hydrogens is 269 g/mol. The summed E-state index contributed by atoms with van der Waals surface area (Å²) in [7, 11) is 0. The number of aromatic nitrogens is 1. The molecule has 0 radical (unpaired) electrons. The quantitative estimate of drug-likeness (QED) is 0.675. The van der Waals surface area contributed by atoms with Gasteiger partial charge in [-0.1, -0.05) is 35.3 Å². The molecule has 0 aliphatic rings. The second-order valence-corrected chi connectivity index (χ2v) is 4.47. The summed E-state index contributed by atoms with van der Waals surface area (Å²) >= 11 is 11.8. The van der Waals surface area contributed by atoms with Crippen LogP contribution in [0.15, 0.2) is 47.7 Å². The van der Waals surface area contributed by atoms with Crippen molar-refractivity contribution in [2.24, 2.45) is 5.10 Å². The molecule has 92 valence electrons. The molecule has 1 heterocycles. The molecular formula is C13H11Cl2N3. The van der Waals surface area contributed by atoms with Gasteiger partial charge in [-0.3, -0.25) is 5.43 Å². The molecule has 0 aliphatic carbocycles. The first-order valence-corrected chi connectivity index (χ1v) is 6.09. The Morgan fingerprint density at radius 2 is 2.00 bits per heavy atom. The van der Waals surface area contributed by atoms with E-state index in [1.54, 1.807) is 18.3 Å². The first-order valence-electron chi connectivity index (χ1n) is 5.33. The molecule has 0 saturated carbocycles. The van der Waals surface area contributed by atoms with Crippen LogP contribution in [-0.4, -0.2) is 10.7 Å². The average Bonchev–Trinajstić information content (AvgIpc) is 2.40. The number of hydrogen-bond acceptors (Lipinski definition) is 3. The molecule has 0 aliphatic heterocycles. The SMILES string of the molecule is CC(=NNc1ccccn1)c1ccc(Cl)c(Cl)c1. The van der Waals surface area contributed by atoms with E-state index in [4.69, 9.17) is 23.2 Å². The van der Waals surface area contributed by atoms with Gasteiger partial charge in [-0.2, -0.15) is 5.10 Å². The lowest BCUT2D eigenvalue weighted by Gasteiger charge is -2.04. The van der Waals surface area contributed by atoms with Crippen LogP contribution >= 0.6 is 23.2 Å². The normalized spacial score (nSPS) is 11.4. The molecule has 1 N–H and O–H groups in total. The van der Waals surface area contributed by atoms with Crippen LogP contribution in [0.1, 0.15) is 12.5 Å². The van der Waals surface area contributed by atoms with E-state index in [1.165, 1.54) is 0 Å². The summed E-state index contributed by atoms with van der Waals surface area (Å²) in [6.45, 7) is 1.88. The van der Waals surface area contributed by atoms with Crippen molar-refractivity contribution in [3.05, 3.63) is 58.2 Å². The van der Waals surface area contributed by atoms with Gasteiger partial charge in [-0.05, 0) is 36.8 Å². The molecule has 18 heavy (non-hydrogen) atoms. The number of anilines is 1. The second-order valence-electron chi connectivity index (χ2n) is 3.65. The summed E-state index contributed by atoms with van der Waals surface area (Å²) < 4.78 is 0. The Hall–Kier alpha value is -1.58. The first kappa shape index (κ1) is 12.9. The lowest BCUT2D eigenvalue weighted by Crippen LogP contribution is -2.00. The van der Waals surface area contributed by atoms with Crippen molar-refractivity contribution in [1.82, 2.24) is 4.98 Å². The topological polar surface area (TPSA) is 37.3 Å². The molecule has 0 bridgehead atoms. The molecule has 1 aromatic heterocycles. The van der Waals surface area contributed by atoms with Crippen LogP contribution in [0.2, 0.25) is 10.0 Å². The summed E-state index contributed by atoms with van der Waals surface area (Å²) in [5, 5.41) is 5.29. The highest BCUT2D eigenvalue weighted by atomic mass is 35.5. The number of hydrazone groups is 1. The van der Waals surface area contributed by atoms with Crippen molar-refractivity contribution in [2.45, 2.75) is 6.92 Å². The molecule has 0 fully saturated rings. The maximum absolute atomic E-state index is 5.96. The molecule has 0 spiro atoms. The summed E-state index contributed by atoms with van der Waals surface area (Å²) in [6, 6.07) is 11.0. The highest BCUT2D eigenvalue weighted by Gasteiger charge is 2.02. The molecule has 1 aromatic carbocycles. The standard InChI is InChI=1S/C13H11Cl2N3/c1-9(10-5-6-11(14)12(15)8-10)17-18-13-4-2-3-7-16-13/h2-8H,1H3,(H,16,18). The smallest absolute Gasteiger partial charge is 0.146 e. The fraction of sp³-hybridized carbons (Fsp3) is 0.0769. The highest BCUT2D eigenvalue weighted by Crippen LogP contribution is 2.22. The van der Waals surface area contributed by atoms with E-state index < -0.39 is 0 Å². The van der Waals surface area contributed by atoms with Gasteiger partial charge in [-0.15, -0.1) is 0 Å². The molecule has 0 unspecified atom stereocenters. The Morgan fingerprint density at radius 1 is 1.17 bits per heavy atom.